The van der Waals surface area contributed by atoms with Gasteiger partial charge < -0.3 is 14.2 Å². The second-order valence-corrected chi connectivity index (χ2v) is 10.3. The molecule has 0 atom stereocenters. The number of hydrogen-bond donors (Lipinski definition) is 0. The highest BCUT2D eigenvalue weighted by Gasteiger charge is 2.37. The van der Waals surface area contributed by atoms with E-state index in [4.69, 9.17) is 4.74 Å². The van der Waals surface area contributed by atoms with Crippen LogP contribution in [0, 0.1) is 13.8 Å². The highest BCUT2D eigenvalue weighted by atomic mass is 32.2. The van der Waals surface area contributed by atoms with Gasteiger partial charge in [0.1, 0.15) is 6.54 Å². The Hall–Kier alpha value is -4.11. The highest BCUT2D eigenvalue weighted by Crippen LogP contribution is 2.34. The Morgan fingerprint density at radius 2 is 1.79 bits per heavy atom. The van der Waals surface area contributed by atoms with Crippen molar-refractivity contribution in [1.29, 1.82) is 0 Å². The number of ether oxygens (including phenoxy) is 1. The summed E-state index contributed by atoms with van der Waals surface area (Å²) >= 11 is 0.840. The lowest BCUT2D eigenvalue weighted by molar-refractivity contribution is -0.136. The van der Waals surface area contributed by atoms with Crippen LogP contribution in [-0.4, -0.2) is 57.6 Å². The van der Waals surface area contributed by atoms with Gasteiger partial charge in [-0.05, 0) is 79.1 Å². The first-order valence-electron chi connectivity index (χ1n) is 12.2. The number of esters is 1. The van der Waals surface area contributed by atoms with Crippen LogP contribution in [0.2, 0.25) is 0 Å². The number of amides is 3. The Labute approximate surface area is 224 Å². The third-order valence-corrected chi connectivity index (χ3v) is 7.84. The predicted molar refractivity (Wildman–Crippen MR) is 145 cm³/mol. The van der Waals surface area contributed by atoms with Crippen LogP contribution in [0.25, 0.3) is 11.8 Å². The van der Waals surface area contributed by atoms with Crippen LogP contribution < -0.4 is 0 Å². The van der Waals surface area contributed by atoms with Crippen LogP contribution in [-0.2, 0) is 27.3 Å². The fraction of sp³-hybridized carbons (Fsp3) is 0.241. The van der Waals surface area contributed by atoms with E-state index in [9.17, 15) is 19.2 Å². The molecule has 0 saturated carbocycles. The van der Waals surface area contributed by atoms with Gasteiger partial charge in [0, 0.05) is 30.2 Å². The number of nitrogens with zero attached hydrogens (tertiary/aromatic N) is 3. The molecular formula is C29H27N3O5S. The van der Waals surface area contributed by atoms with Gasteiger partial charge >= 0.3 is 5.97 Å². The molecule has 3 heterocycles. The molecule has 0 unspecified atom stereocenters. The number of benzene rings is 2. The maximum Gasteiger partial charge on any atom is 0.337 e. The molecule has 1 fully saturated rings. The van der Waals surface area contributed by atoms with Crippen LogP contribution >= 0.6 is 11.8 Å². The van der Waals surface area contributed by atoms with Crippen molar-refractivity contribution in [3.8, 4) is 5.69 Å². The van der Waals surface area contributed by atoms with Gasteiger partial charge in [0.15, 0.2) is 0 Å². The maximum atomic E-state index is 13.1. The summed E-state index contributed by atoms with van der Waals surface area (Å²) < 4.78 is 6.81. The van der Waals surface area contributed by atoms with Crippen molar-refractivity contribution in [2.24, 2.45) is 0 Å². The monoisotopic (exact) mass is 529 g/mol. The molecule has 3 amide bonds. The van der Waals surface area contributed by atoms with Crippen molar-refractivity contribution in [1.82, 2.24) is 14.4 Å². The van der Waals surface area contributed by atoms with Crippen LogP contribution in [0.15, 0.2) is 59.5 Å². The van der Waals surface area contributed by atoms with E-state index in [-0.39, 0.29) is 17.4 Å². The summed E-state index contributed by atoms with van der Waals surface area (Å²) in [6.45, 7) is 4.60. The van der Waals surface area contributed by atoms with E-state index in [2.05, 4.69) is 6.07 Å². The highest BCUT2D eigenvalue weighted by molar-refractivity contribution is 8.18. The van der Waals surface area contributed by atoms with E-state index in [0.29, 0.717) is 18.7 Å². The van der Waals surface area contributed by atoms with Gasteiger partial charge in [-0.15, -0.1) is 0 Å². The van der Waals surface area contributed by atoms with E-state index in [1.165, 1.54) is 12.7 Å². The largest absolute Gasteiger partial charge is 0.465 e. The molecule has 1 aromatic heterocycles. The summed E-state index contributed by atoms with van der Waals surface area (Å²) in [4.78, 5) is 53.8. The SMILES string of the molecule is COC(=O)c1cccc(-n2c(C)cc(/C=C3\SC(=O)N(CC(=O)N4CCc5ccccc5C4)C3=O)c2C)c1. The van der Waals surface area contributed by atoms with Crippen molar-refractivity contribution >= 4 is 40.9 Å². The van der Waals surface area contributed by atoms with Crippen molar-refractivity contribution in [3.05, 3.63) is 93.1 Å². The molecule has 9 heteroatoms. The molecule has 3 aromatic rings. The van der Waals surface area contributed by atoms with E-state index in [1.54, 1.807) is 29.2 Å². The molecule has 1 saturated heterocycles. The molecule has 5 rings (SSSR count). The number of aryl methyl sites for hydroxylation is 1. The molecule has 0 N–H and O–H groups in total. The van der Waals surface area contributed by atoms with E-state index in [0.717, 1.165) is 51.3 Å². The maximum absolute atomic E-state index is 13.1. The normalized spacial score (nSPS) is 16.2. The smallest absolute Gasteiger partial charge is 0.337 e. The van der Waals surface area contributed by atoms with Gasteiger partial charge in [-0.2, -0.15) is 0 Å². The number of thioether (sulfide) groups is 1. The van der Waals surface area contributed by atoms with Crippen molar-refractivity contribution < 1.29 is 23.9 Å². The first-order chi connectivity index (χ1) is 18.3. The Morgan fingerprint density at radius 3 is 2.55 bits per heavy atom. The zero-order valence-corrected chi connectivity index (χ0v) is 22.2. The van der Waals surface area contributed by atoms with Crippen molar-refractivity contribution in [2.75, 3.05) is 20.2 Å². The van der Waals surface area contributed by atoms with Crippen LogP contribution in [0.4, 0.5) is 4.79 Å². The third-order valence-electron chi connectivity index (χ3n) is 6.93. The minimum atomic E-state index is -0.469. The van der Waals surface area contributed by atoms with Gasteiger partial charge in [0.25, 0.3) is 11.1 Å². The Morgan fingerprint density at radius 1 is 1.03 bits per heavy atom. The average molecular weight is 530 g/mol. The molecule has 2 aromatic carbocycles. The van der Waals surface area contributed by atoms with E-state index < -0.39 is 17.1 Å². The topological polar surface area (TPSA) is 88.9 Å². The standard InChI is InChI=1S/C29H27N3O5S/c1-18-13-23(19(2)32(18)24-10-6-9-21(14-24)28(35)37-3)15-25-27(34)31(29(36)38-25)17-26(33)30-12-11-20-7-4-5-8-22(20)16-30/h4-10,13-15H,11-12,16-17H2,1-3H3/b25-15-. The summed E-state index contributed by atoms with van der Waals surface area (Å²) in [5, 5.41) is -0.452. The minimum absolute atomic E-state index is 0.244. The van der Waals surface area contributed by atoms with Gasteiger partial charge in [-0.1, -0.05) is 30.3 Å². The number of aromatic nitrogens is 1. The molecule has 2 aliphatic heterocycles. The number of rotatable bonds is 5. The zero-order chi connectivity index (χ0) is 27.0. The Bertz CT molecular complexity index is 1510. The molecule has 0 bridgehead atoms. The first-order valence-corrected chi connectivity index (χ1v) is 13.1. The molecular weight excluding hydrogens is 502 g/mol. The van der Waals surface area contributed by atoms with Crippen LogP contribution in [0.3, 0.4) is 0 Å². The Balaban J connectivity index is 1.34. The van der Waals surface area contributed by atoms with Crippen molar-refractivity contribution in [2.45, 2.75) is 26.8 Å². The number of carbonyl (C=O) groups is 4. The number of carbonyl (C=O) groups excluding carboxylic acids is 4. The second kappa shape index (κ2) is 10.3. The predicted octanol–water partition coefficient (Wildman–Crippen LogP) is 4.50. The number of hydrogen-bond acceptors (Lipinski definition) is 6. The van der Waals surface area contributed by atoms with Crippen molar-refractivity contribution in [3.63, 3.8) is 0 Å². The summed E-state index contributed by atoms with van der Waals surface area (Å²) in [5.41, 5.74) is 6.05. The second-order valence-electron chi connectivity index (χ2n) is 9.31. The third kappa shape index (κ3) is 4.77. The fourth-order valence-corrected chi connectivity index (χ4v) is 5.77. The molecule has 8 nitrogen and oxygen atoms in total. The summed E-state index contributed by atoms with van der Waals surface area (Å²) in [7, 11) is 1.34. The number of methoxy groups -OCH3 is 1. The lowest BCUT2D eigenvalue weighted by atomic mass is 10.00. The zero-order valence-electron chi connectivity index (χ0n) is 21.4. The quantitative estimate of drug-likeness (QED) is 0.357. The van der Waals surface area contributed by atoms with Gasteiger partial charge in [-0.3, -0.25) is 19.3 Å². The Kier molecular flexibility index (Phi) is 6.94. The first kappa shape index (κ1) is 25.5. The minimum Gasteiger partial charge on any atom is -0.465 e. The number of fused-ring (bicyclic) bond motifs is 1. The molecule has 194 valence electrons. The summed E-state index contributed by atoms with van der Waals surface area (Å²) in [6, 6.07) is 17.0. The average Bonchev–Trinajstić information content (AvgIpc) is 3.36. The summed E-state index contributed by atoms with van der Waals surface area (Å²) in [5.74, 6) is -1.14. The number of imide groups is 1. The lowest BCUT2D eigenvalue weighted by Crippen LogP contribution is -2.44. The van der Waals surface area contributed by atoms with Gasteiger partial charge in [0.2, 0.25) is 5.91 Å². The summed E-state index contributed by atoms with van der Waals surface area (Å²) in [6.07, 6.45) is 2.44. The molecule has 38 heavy (non-hydrogen) atoms. The van der Waals surface area contributed by atoms with Gasteiger partial charge in [0.05, 0.1) is 17.6 Å². The van der Waals surface area contributed by atoms with Gasteiger partial charge in [-0.25, -0.2) is 4.79 Å². The molecule has 0 aliphatic carbocycles. The fourth-order valence-electron chi connectivity index (χ4n) is 4.94. The molecule has 0 radical (unpaired) electrons. The molecule has 0 spiro atoms. The molecule has 2 aliphatic rings. The van der Waals surface area contributed by atoms with Crippen LogP contribution in [0.5, 0.6) is 0 Å². The van der Waals surface area contributed by atoms with E-state index >= 15 is 0 Å². The van der Waals surface area contributed by atoms with Crippen LogP contribution in [0.1, 0.15) is 38.4 Å². The van der Waals surface area contributed by atoms with E-state index in [1.807, 2.05) is 48.7 Å². The lowest BCUT2D eigenvalue weighted by Gasteiger charge is -2.29.